The molecule has 0 aliphatic rings. The van der Waals surface area contributed by atoms with Gasteiger partial charge in [-0.1, -0.05) is 23.2 Å². The second kappa shape index (κ2) is 7.17. The van der Waals surface area contributed by atoms with Crippen molar-refractivity contribution in [2.45, 2.75) is 13.8 Å². The molecule has 0 radical (unpaired) electrons. The summed E-state index contributed by atoms with van der Waals surface area (Å²) < 4.78 is 11.0. The summed E-state index contributed by atoms with van der Waals surface area (Å²) >= 11 is 12.1. The third-order valence-electron chi connectivity index (χ3n) is 3.46. The fourth-order valence-corrected chi connectivity index (χ4v) is 2.71. The predicted octanol–water partition coefficient (Wildman–Crippen LogP) is 5.23. The number of nitrogens with zero attached hydrogens (tertiary/aromatic N) is 1. The molecule has 5 nitrogen and oxygen atoms in total. The van der Waals surface area contributed by atoms with Crippen molar-refractivity contribution < 1.29 is 13.6 Å². The van der Waals surface area contributed by atoms with Gasteiger partial charge in [0.15, 0.2) is 0 Å². The molecule has 0 saturated heterocycles. The molecule has 3 rings (SSSR count). The Kier molecular flexibility index (Phi) is 4.97. The van der Waals surface area contributed by atoms with Crippen LogP contribution in [0.3, 0.4) is 0 Å². The molecule has 0 atom stereocenters. The number of rotatable bonds is 4. The van der Waals surface area contributed by atoms with Gasteiger partial charge in [0.25, 0.3) is 5.91 Å². The zero-order chi connectivity index (χ0) is 18.0. The largest absolute Gasteiger partial charge is 0.466 e. The lowest BCUT2D eigenvalue weighted by Crippen LogP contribution is -2.17. The molecule has 7 heteroatoms. The van der Waals surface area contributed by atoms with E-state index in [9.17, 15) is 4.79 Å². The summed E-state index contributed by atoms with van der Waals surface area (Å²) in [4.78, 5) is 12.0. The maximum atomic E-state index is 12.0. The molecular weight excluding hydrogens is 363 g/mol. The molecule has 25 heavy (non-hydrogen) atoms. The Bertz CT molecular complexity index is 957. The van der Waals surface area contributed by atoms with E-state index >= 15 is 0 Å². The zero-order valence-corrected chi connectivity index (χ0v) is 15.0. The number of aryl methyl sites for hydroxylation is 2. The lowest BCUT2D eigenvalue weighted by molar-refractivity contribution is 0.0953. The van der Waals surface area contributed by atoms with Crippen LogP contribution in [0.2, 0.25) is 10.0 Å². The zero-order valence-electron chi connectivity index (χ0n) is 13.5. The average Bonchev–Trinajstić information content (AvgIpc) is 3.16. The molecule has 2 aromatic heterocycles. The van der Waals surface area contributed by atoms with Crippen molar-refractivity contribution in [2.75, 3.05) is 0 Å². The van der Waals surface area contributed by atoms with Crippen LogP contribution in [-0.2, 0) is 0 Å². The first-order chi connectivity index (χ1) is 11.9. The van der Waals surface area contributed by atoms with Crippen molar-refractivity contribution >= 4 is 35.3 Å². The highest BCUT2D eigenvalue weighted by atomic mass is 35.5. The quantitative estimate of drug-likeness (QED) is 0.500. The van der Waals surface area contributed by atoms with E-state index < -0.39 is 0 Å². The van der Waals surface area contributed by atoms with Gasteiger partial charge in [-0.05, 0) is 50.2 Å². The van der Waals surface area contributed by atoms with Crippen LogP contribution in [0, 0.1) is 13.8 Å². The van der Waals surface area contributed by atoms with Crippen LogP contribution in [0.4, 0.5) is 0 Å². The van der Waals surface area contributed by atoms with E-state index in [0.717, 1.165) is 0 Å². The summed E-state index contributed by atoms with van der Waals surface area (Å²) in [6, 6.07) is 10.3. The number of nitrogens with one attached hydrogen (secondary N) is 1. The van der Waals surface area contributed by atoms with E-state index in [1.165, 1.54) is 6.21 Å². The van der Waals surface area contributed by atoms with Crippen molar-refractivity contribution in [3.05, 3.63) is 69.3 Å². The molecular formula is C18H14Cl2N2O3. The molecule has 128 valence electrons. The number of carbonyl (C=O) groups excluding carboxylic acids is 1. The number of halogens is 2. The Morgan fingerprint density at radius 1 is 1.12 bits per heavy atom. The number of hydrogen-bond acceptors (Lipinski definition) is 4. The Morgan fingerprint density at radius 3 is 2.64 bits per heavy atom. The van der Waals surface area contributed by atoms with Gasteiger partial charge in [0.1, 0.15) is 23.0 Å². The first kappa shape index (κ1) is 17.3. The fraction of sp³-hybridized carbons (Fsp3) is 0.111. The van der Waals surface area contributed by atoms with E-state index in [1.54, 1.807) is 50.2 Å². The van der Waals surface area contributed by atoms with E-state index in [1.807, 2.05) is 0 Å². The fourth-order valence-electron chi connectivity index (χ4n) is 2.32. The highest BCUT2D eigenvalue weighted by molar-refractivity contribution is 6.35. The van der Waals surface area contributed by atoms with Crippen LogP contribution in [0.25, 0.3) is 11.3 Å². The summed E-state index contributed by atoms with van der Waals surface area (Å²) in [6.07, 6.45) is 1.40. The Hall–Kier alpha value is -2.50. The molecule has 1 amide bonds. The molecule has 0 aliphatic heterocycles. The summed E-state index contributed by atoms with van der Waals surface area (Å²) in [5.41, 5.74) is 3.56. The molecule has 1 N–H and O–H groups in total. The second-order valence-corrected chi connectivity index (χ2v) is 6.20. The van der Waals surface area contributed by atoms with Crippen molar-refractivity contribution in [1.29, 1.82) is 0 Å². The number of carbonyl (C=O) groups is 1. The van der Waals surface area contributed by atoms with Gasteiger partial charge >= 0.3 is 0 Å². The Balaban J connectivity index is 1.71. The van der Waals surface area contributed by atoms with Crippen LogP contribution in [0.1, 0.15) is 27.6 Å². The van der Waals surface area contributed by atoms with Gasteiger partial charge in [-0.3, -0.25) is 4.79 Å². The maximum Gasteiger partial charge on any atom is 0.274 e. The number of amides is 1. The van der Waals surface area contributed by atoms with E-state index in [2.05, 4.69) is 10.5 Å². The van der Waals surface area contributed by atoms with Crippen molar-refractivity contribution in [2.24, 2.45) is 5.10 Å². The van der Waals surface area contributed by atoms with Crippen LogP contribution < -0.4 is 5.43 Å². The third-order valence-corrected chi connectivity index (χ3v) is 4.03. The number of hydrazone groups is 1. The van der Waals surface area contributed by atoms with Gasteiger partial charge in [0.2, 0.25) is 0 Å². The van der Waals surface area contributed by atoms with Crippen LogP contribution in [-0.4, -0.2) is 12.1 Å². The van der Waals surface area contributed by atoms with Gasteiger partial charge in [0, 0.05) is 10.6 Å². The number of hydrogen-bond donors (Lipinski definition) is 1. The standard InChI is InChI=1S/C18H14Cl2N2O3/c1-10-7-14(11(2)24-10)18(23)22-21-9-13-4-6-17(25-13)15-8-12(19)3-5-16(15)20/h3-9H,1-2H3,(H,22,23)/b21-9-. The molecule has 0 aliphatic carbocycles. The van der Waals surface area contributed by atoms with Crippen molar-refractivity contribution in [1.82, 2.24) is 5.43 Å². The predicted molar refractivity (Wildman–Crippen MR) is 97.4 cm³/mol. The lowest BCUT2D eigenvalue weighted by atomic mass is 10.2. The van der Waals surface area contributed by atoms with Crippen LogP contribution in [0.5, 0.6) is 0 Å². The van der Waals surface area contributed by atoms with Crippen molar-refractivity contribution in [3.63, 3.8) is 0 Å². The van der Waals surface area contributed by atoms with Gasteiger partial charge in [-0.2, -0.15) is 5.10 Å². The maximum absolute atomic E-state index is 12.0. The van der Waals surface area contributed by atoms with Gasteiger partial charge in [-0.25, -0.2) is 5.43 Å². The topological polar surface area (TPSA) is 67.7 Å². The Labute approximate surface area is 154 Å². The minimum absolute atomic E-state index is 0.352. The van der Waals surface area contributed by atoms with E-state index in [4.69, 9.17) is 32.0 Å². The summed E-state index contributed by atoms with van der Waals surface area (Å²) in [6.45, 7) is 3.50. The van der Waals surface area contributed by atoms with Crippen LogP contribution >= 0.6 is 23.2 Å². The highest BCUT2D eigenvalue weighted by Gasteiger charge is 2.13. The smallest absolute Gasteiger partial charge is 0.274 e. The molecule has 0 fully saturated rings. The number of furan rings is 2. The van der Waals surface area contributed by atoms with E-state index in [0.29, 0.717) is 44.2 Å². The van der Waals surface area contributed by atoms with Crippen molar-refractivity contribution in [3.8, 4) is 11.3 Å². The summed E-state index contributed by atoms with van der Waals surface area (Å²) in [7, 11) is 0. The molecule has 1 aromatic carbocycles. The van der Waals surface area contributed by atoms with E-state index in [-0.39, 0.29) is 5.91 Å². The molecule has 0 bridgehead atoms. The highest BCUT2D eigenvalue weighted by Crippen LogP contribution is 2.31. The van der Waals surface area contributed by atoms with Crippen LogP contribution in [0.15, 0.2) is 50.3 Å². The molecule has 3 aromatic rings. The van der Waals surface area contributed by atoms with Gasteiger partial charge in [0.05, 0.1) is 16.8 Å². The molecule has 0 spiro atoms. The minimum atomic E-state index is -0.352. The normalized spacial score (nSPS) is 11.2. The molecule has 0 unspecified atom stereocenters. The molecule has 2 heterocycles. The third kappa shape index (κ3) is 3.95. The number of benzene rings is 1. The first-order valence-corrected chi connectivity index (χ1v) is 8.15. The summed E-state index contributed by atoms with van der Waals surface area (Å²) in [5.74, 6) is 1.88. The SMILES string of the molecule is Cc1cc(C(=O)N/N=C\c2ccc(-c3cc(Cl)ccc3Cl)o2)c(C)o1. The van der Waals surface area contributed by atoms with Gasteiger partial charge in [-0.15, -0.1) is 0 Å². The average molecular weight is 377 g/mol. The summed E-state index contributed by atoms with van der Waals surface area (Å²) in [5, 5.41) is 4.98. The Morgan fingerprint density at radius 2 is 1.92 bits per heavy atom. The lowest BCUT2D eigenvalue weighted by Gasteiger charge is -2.01. The van der Waals surface area contributed by atoms with Gasteiger partial charge < -0.3 is 8.83 Å². The molecule has 0 saturated carbocycles. The first-order valence-electron chi connectivity index (χ1n) is 7.40. The minimum Gasteiger partial charge on any atom is -0.466 e. The monoisotopic (exact) mass is 376 g/mol. The second-order valence-electron chi connectivity index (χ2n) is 5.35.